The van der Waals surface area contributed by atoms with Gasteiger partial charge in [-0.05, 0) is 39.6 Å². The van der Waals surface area contributed by atoms with Crippen molar-refractivity contribution in [2.45, 2.75) is 19.4 Å². The zero-order valence-corrected chi connectivity index (χ0v) is 16.9. The summed E-state index contributed by atoms with van der Waals surface area (Å²) in [6.07, 6.45) is 1.08. The van der Waals surface area contributed by atoms with Crippen molar-refractivity contribution in [2.75, 3.05) is 71.9 Å². The van der Waals surface area contributed by atoms with Crippen LogP contribution in [0.5, 0.6) is 0 Å². The number of nitrogens with zero attached hydrogens (tertiary/aromatic N) is 4. The predicted octanol–water partition coefficient (Wildman–Crippen LogP) is 1.31. The molecule has 1 aliphatic heterocycles. The van der Waals surface area contributed by atoms with Gasteiger partial charge in [0.25, 0.3) is 0 Å². The van der Waals surface area contributed by atoms with E-state index >= 15 is 0 Å². The highest BCUT2D eigenvalue weighted by atomic mass is 15.3. The Morgan fingerprint density at radius 2 is 1.96 bits per heavy atom. The summed E-state index contributed by atoms with van der Waals surface area (Å²) >= 11 is 0. The number of anilines is 1. The van der Waals surface area contributed by atoms with Gasteiger partial charge in [0.1, 0.15) is 0 Å². The van der Waals surface area contributed by atoms with Crippen molar-refractivity contribution in [3.05, 3.63) is 30.3 Å². The van der Waals surface area contributed by atoms with E-state index in [9.17, 15) is 0 Å². The van der Waals surface area contributed by atoms with Crippen LogP contribution in [-0.2, 0) is 0 Å². The van der Waals surface area contributed by atoms with Crippen LogP contribution in [0.15, 0.2) is 35.3 Å². The smallest absolute Gasteiger partial charge is 0.191 e. The van der Waals surface area contributed by atoms with Crippen molar-refractivity contribution in [1.29, 1.82) is 0 Å². The normalized spacial score (nSPS) is 19.4. The Morgan fingerprint density at radius 1 is 1.19 bits per heavy atom. The third kappa shape index (κ3) is 6.50. The van der Waals surface area contributed by atoms with Gasteiger partial charge < -0.3 is 20.4 Å². The van der Waals surface area contributed by atoms with E-state index in [4.69, 9.17) is 0 Å². The standard InChI is InChI=1S/C20H36N6/c1-5-26(18-10-7-6-8-11-18)13-9-12-22-20(21-2)23-16-19-17-24(3)14-15-25(19)4/h6-8,10-11,19H,5,9,12-17H2,1-4H3,(H2,21,22,23). The molecule has 0 radical (unpaired) electrons. The predicted molar refractivity (Wildman–Crippen MR) is 112 cm³/mol. The molecule has 1 aromatic carbocycles. The lowest BCUT2D eigenvalue weighted by atomic mass is 10.2. The maximum Gasteiger partial charge on any atom is 0.191 e. The van der Waals surface area contributed by atoms with Crippen molar-refractivity contribution in [1.82, 2.24) is 20.4 Å². The molecule has 2 rings (SSSR count). The molecule has 0 aromatic heterocycles. The molecule has 0 spiro atoms. The van der Waals surface area contributed by atoms with Crippen LogP contribution in [0, 0.1) is 0 Å². The first-order valence-electron chi connectivity index (χ1n) is 9.77. The fourth-order valence-electron chi connectivity index (χ4n) is 3.34. The first kappa shape index (κ1) is 20.5. The fourth-order valence-corrected chi connectivity index (χ4v) is 3.34. The molecular formula is C20H36N6. The van der Waals surface area contributed by atoms with Crippen LogP contribution < -0.4 is 15.5 Å². The maximum atomic E-state index is 4.36. The molecule has 6 nitrogen and oxygen atoms in total. The Morgan fingerprint density at radius 3 is 2.65 bits per heavy atom. The molecule has 1 fully saturated rings. The summed E-state index contributed by atoms with van der Waals surface area (Å²) in [4.78, 5) is 11.6. The second-order valence-corrected chi connectivity index (χ2v) is 7.05. The molecule has 6 heteroatoms. The van der Waals surface area contributed by atoms with Gasteiger partial charge in [0.2, 0.25) is 0 Å². The van der Waals surface area contributed by atoms with Crippen LogP contribution >= 0.6 is 0 Å². The summed E-state index contributed by atoms with van der Waals surface area (Å²) in [6, 6.07) is 11.1. The molecule has 146 valence electrons. The molecule has 2 N–H and O–H groups in total. The fraction of sp³-hybridized carbons (Fsp3) is 0.650. The Hall–Kier alpha value is -1.79. The first-order chi connectivity index (χ1) is 12.6. The van der Waals surface area contributed by atoms with E-state index in [0.717, 1.165) is 58.2 Å². The number of benzene rings is 1. The van der Waals surface area contributed by atoms with Crippen molar-refractivity contribution in [2.24, 2.45) is 4.99 Å². The lowest BCUT2D eigenvalue weighted by Crippen LogP contribution is -2.55. The second-order valence-electron chi connectivity index (χ2n) is 7.05. The van der Waals surface area contributed by atoms with E-state index in [1.165, 1.54) is 5.69 Å². The minimum atomic E-state index is 0.529. The largest absolute Gasteiger partial charge is 0.372 e. The summed E-state index contributed by atoms with van der Waals surface area (Å²) in [6.45, 7) is 9.49. The summed E-state index contributed by atoms with van der Waals surface area (Å²) in [5.74, 6) is 0.898. The van der Waals surface area contributed by atoms with Gasteiger partial charge in [0.05, 0.1) is 0 Å². The molecule has 26 heavy (non-hydrogen) atoms. The van der Waals surface area contributed by atoms with Gasteiger partial charge in [0, 0.05) is 64.6 Å². The zero-order chi connectivity index (χ0) is 18.8. The molecule has 1 saturated heterocycles. The second kappa shape index (κ2) is 11.0. The number of piperazine rings is 1. The van der Waals surface area contributed by atoms with Crippen molar-refractivity contribution < 1.29 is 0 Å². The summed E-state index contributed by atoms with van der Waals surface area (Å²) < 4.78 is 0. The third-order valence-electron chi connectivity index (χ3n) is 5.11. The quantitative estimate of drug-likeness (QED) is 0.416. The van der Waals surface area contributed by atoms with Crippen LogP contribution in [0.3, 0.4) is 0 Å². The van der Waals surface area contributed by atoms with Crippen LogP contribution in [0.1, 0.15) is 13.3 Å². The molecule has 1 aromatic rings. The van der Waals surface area contributed by atoms with Crippen LogP contribution in [0.25, 0.3) is 0 Å². The maximum absolute atomic E-state index is 4.36. The zero-order valence-electron chi connectivity index (χ0n) is 16.9. The van der Waals surface area contributed by atoms with Crippen molar-refractivity contribution in [3.8, 4) is 0 Å². The van der Waals surface area contributed by atoms with Crippen LogP contribution in [0.2, 0.25) is 0 Å². The van der Waals surface area contributed by atoms with E-state index in [0.29, 0.717) is 6.04 Å². The van der Waals surface area contributed by atoms with Crippen molar-refractivity contribution in [3.63, 3.8) is 0 Å². The summed E-state index contributed by atoms with van der Waals surface area (Å²) in [7, 11) is 6.24. The van der Waals surface area contributed by atoms with Crippen molar-refractivity contribution >= 4 is 11.6 Å². The van der Waals surface area contributed by atoms with Gasteiger partial charge >= 0.3 is 0 Å². The highest BCUT2D eigenvalue weighted by Gasteiger charge is 2.21. The monoisotopic (exact) mass is 360 g/mol. The van der Waals surface area contributed by atoms with E-state index in [-0.39, 0.29) is 0 Å². The van der Waals surface area contributed by atoms with Gasteiger partial charge in [-0.15, -0.1) is 0 Å². The molecule has 1 atom stereocenters. The van der Waals surface area contributed by atoms with Gasteiger partial charge in [-0.25, -0.2) is 0 Å². The Balaban J connectivity index is 1.68. The van der Waals surface area contributed by atoms with Gasteiger partial charge in [-0.1, -0.05) is 18.2 Å². The van der Waals surface area contributed by atoms with Gasteiger partial charge in [0.15, 0.2) is 5.96 Å². The average Bonchev–Trinajstić information content (AvgIpc) is 2.67. The highest BCUT2D eigenvalue weighted by molar-refractivity contribution is 5.79. The number of rotatable bonds is 8. The molecule has 1 heterocycles. The van der Waals surface area contributed by atoms with E-state index in [2.05, 4.69) is 81.7 Å². The van der Waals surface area contributed by atoms with Crippen LogP contribution in [-0.4, -0.2) is 88.8 Å². The Labute approximate surface area is 159 Å². The number of nitrogens with one attached hydrogen (secondary N) is 2. The summed E-state index contributed by atoms with van der Waals surface area (Å²) in [5.41, 5.74) is 1.29. The number of para-hydroxylation sites is 1. The molecule has 0 amide bonds. The number of hydrogen-bond acceptors (Lipinski definition) is 4. The van der Waals surface area contributed by atoms with E-state index in [1.54, 1.807) is 0 Å². The molecular weight excluding hydrogens is 324 g/mol. The SMILES string of the molecule is CCN(CCCNC(=NC)NCC1CN(C)CCN1C)c1ccccc1. The molecule has 0 aliphatic carbocycles. The number of aliphatic imine (C=N–C) groups is 1. The number of likely N-dealkylation sites (N-methyl/N-ethyl adjacent to an activating group) is 2. The van der Waals surface area contributed by atoms with Gasteiger partial charge in [-0.2, -0.15) is 0 Å². The van der Waals surface area contributed by atoms with E-state index < -0.39 is 0 Å². The highest BCUT2D eigenvalue weighted by Crippen LogP contribution is 2.12. The molecule has 1 unspecified atom stereocenters. The Bertz CT molecular complexity index is 532. The lowest BCUT2D eigenvalue weighted by Gasteiger charge is -2.37. The lowest BCUT2D eigenvalue weighted by molar-refractivity contribution is 0.116. The minimum Gasteiger partial charge on any atom is -0.372 e. The van der Waals surface area contributed by atoms with E-state index in [1.807, 2.05) is 7.05 Å². The topological polar surface area (TPSA) is 46.1 Å². The third-order valence-corrected chi connectivity index (χ3v) is 5.11. The molecule has 0 saturated carbocycles. The minimum absolute atomic E-state index is 0.529. The summed E-state index contributed by atoms with van der Waals surface area (Å²) in [5, 5.41) is 6.93. The average molecular weight is 361 g/mol. The van der Waals surface area contributed by atoms with Gasteiger partial charge in [-0.3, -0.25) is 9.89 Å². The van der Waals surface area contributed by atoms with Crippen LogP contribution in [0.4, 0.5) is 5.69 Å². The number of guanidine groups is 1. The first-order valence-corrected chi connectivity index (χ1v) is 9.77. The molecule has 1 aliphatic rings. The Kier molecular flexibility index (Phi) is 8.71. The molecule has 0 bridgehead atoms. The number of hydrogen-bond donors (Lipinski definition) is 2.